The Labute approximate surface area is 126 Å². The minimum absolute atomic E-state index is 0.163. The molecule has 1 atom stereocenters. The molecule has 0 saturated heterocycles. The molecule has 0 spiro atoms. The highest BCUT2D eigenvalue weighted by molar-refractivity contribution is 7.14. The van der Waals surface area contributed by atoms with Crippen LogP contribution in [0.2, 0.25) is 0 Å². The second kappa shape index (κ2) is 6.55. The van der Waals surface area contributed by atoms with Gasteiger partial charge in [-0.25, -0.2) is 4.98 Å². The minimum Gasteiger partial charge on any atom is -0.497 e. The minimum atomic E-state index is -0.280. The largest absolute Gasteiger partial charge is 0.497 e. The maximum Gasteiger partial charge on any atom is 0.257 e. The average molecular weight is 307 g/mol. The Balaban J connectivity index is 2.19. The van der Waals surface area contributed by atoms with Crippen LogP contribution in [0.1, 0.15) is 29.0 Å². The maximum atomic E-state index is 12.2. The number of carbonyl (C=O) groups is 1. The molecule has 1 aromatic carbocycles. The zero-order chi connectivity index (χ0) is 15.4. The normalized spacial score (nSPS) is 11.8. The van der Waals surface area contributed by atoms with Crippen LogP contribution in [0.15, 0.2) is 23.6 Å². The van der Waals surface area contributed by atoms with E-state index in [9.17, 15) is 4.79 Å². The van der Waals surface area contributed by atoms with E-state index in [2.05, 4.69) is 10.3 Å². The van der Waals surface area contributed by atoms with Crippen LogP contribution in [-0.2, 0) is 0 Å². The molecule has 21 heavy (non-hydrogen) atoms. The van der Waals surface area contributed by atoms with Gasteiger partial charge in [-0.15, -0.1) is 11.3 Å². The molecule has 1 heterocycles. The first kappa shape index (κ1) is 15.3. The molecule has 0 radical (unpaired) electrons. The first-order valence-corrected chi connectivity index (χ1v) is 7.17. The lowest BCUT2D eigenvalue weighted by atomic mass is 10.2. The number of amides is 1. The van der Waals surface area contributed by atoms with Gasteiger partial charge in [0, 0.05) is 23.1 Å². The van der Waals surface area contributed by atoms with Gasteiger partial charge in [-0.05, 0) is 19.1 Å². The van der Waals surface area contributed by atoms with Crippen molar-refractivity contribution in [2.75, 3.05) is 19.5 Å². The summed E-state index contributed by atoms with van der Waals surface area (Å²) in [7, 11) is 3.07. The summed E-state index contributed by atoms with van der Waals surface area (Å²) in [5.41, 5.74) is 6.93. The molecule has 7 heteroatoms. The van der Waals surface area contributed by atoms with E-state index < -0.39 is 0 Å². The molecule has 0 aliphatic rings. The van der Waals surface area contributed by atoms with Crippen molar-refractivity contribution in [2.24, 2.45) is 5.73 Å². The number of benzene rings is 1. The van der Waals surface area contributed by atoms with E-state index in [1.54, 1.807) is 18.2 Å². The molecule has 112 valence electrons. The fraction of sp³-hybridized carbons (Fsp3) is 0.286. The van der Waals surface area contributed by atoms with Gasteiger partial charge in [0.25, 0.3) is 5.91 Å². The van der Waals surface area contributed by atoms with Gasteiger partial charge in [0.2, 0.25) is 0 Å². The Morgan fingerprint density at radius 1 is 1.29 bits per heavy atom. The average Bonchev–Trinajstić information content (AvgIpc) is 2.95. The number of carbonyl (C=O) groups excluding carboxylic acids is 1. The number of nitrogens with zero attached hydrogens (tertiary/aromatic N) is 1. The van der Waals surface area contributed by atoms with Gasteiger partial charge in [-0.2, -0.15) is 0 Å². The fourth-order valence-corrected chi connectivity index (χ4v) is 2.47. The number of methoxy groups -OCH3 is 2. The molecule has 0 aliphatic heterocycles. The highest BCUT2D eigenvalue weighted by Crippen LogP contribution is 2.24. The molecule has 1 amide bonds. The van der Waals surface area contributed by atoms with E-state index in [1.807, 2.05) is 12.3 Å². The summed E-state index contributed by atoms with van der Waals surface area (Å²) in [6, 6.07) is 4.81. The Morgan fingerprint density at radius 2 is 1.90 bits per heavy atom. The molecule has 1 unspecified atom stereocenters. The van der Waals surface area contributed by atoms with Crippen LogP contribution in [0.3, 0.4) is 0 Å². The number of anilines is 1. The Kier molecular flexibility index (Phi) is 4.77. The Morgan fingerprint density at radius 3 is 2.38 bits per heavy atom. The Bertz CT molecular complexity index is 618. The van der Waals surface area contributed by atoms with E-state index in [1.165, 1.54) is 25.6 Å². The van der Waals surface area contributed by atoms with Gasteiger partial charge in [0.1, 0.15) is 11.5 Å². The smallest absolute Gasteiger partial charge is 0.257 e. The summed E-state index contributed by atoms with van der Waals surface area (Å²) in [4.78, 5) is 16.5. The van der Waals surface area contributed by atoms with Crippen molar-refractivity contribution in [3.8, 4) is 11.5 Å². The predicted molar refractivity (Wildman–Crippen MR) is 82.2 cm³/mol. The van der Waals surface area contributed by atoms with Crippen molar-refractivity contribution in [1.29, 1.82) is 0 Å². The summed E-state index contributed by atoms with van der Waals surface area (Å²) < 4.78 is 10.3. The van der Waals surface area contributed by atoms with Gasteiger partial charge in [0.05, 0.1) is 19.9 Å². The summed E-state index contributed by atoms with van der Waals surface area (Å²) in [6.07, 6.45) is 0. The van der Waals surface area contributed by atoms with Crippen LogP contribution < -0.4 is 20.5 Å². The fourth-order valence-electron chi connectivity index (χ4n) is 1.66. The van der Waals surface area contributed by atoms with E-state index in [0.29, 0.717) is 22.2 Å². The van der Waals surface area contributed by atoms with Crippen molar-refractivity contribution in [3.05, 3.63) is 34.8 Å². The number of rotatable bonds is 5. The molecular formula is C14H17N3O3S. The lowest BCUT2D eigenvalue weighted by Gasteiger charge is -2.08. The van der Waals surface area contributed by atoms with Crippen LogP contribution in [-0.4, -0.2) is 25.1 Å². The van der Waals surface area contributed by atoms with Crippen molar-refractivity contribution in [1.82, 2.24) is 4.98 Å². The van der Waals surface area contributed by atoms with E-state index >= 15 is 0 Å². The summed E-state index contributed by atoms with van der Waals surface area (Å²) in [5, 5.41) is 5.07. The molecule has 1 aromatic heterocycles. The first-order valence-electron chi connectivity index (χ1n) is 6.29. The van der Waals surface area contributed by atoms with Crippen LogP contribution in [0, 0.1) is 0 Å². The number of hydrogen-bond donors (Lipinski definition) is 2. The van der Waals surface area contributed by atoms with E-state index in [4.69, 9.17) is 15.2 Å². The van der Waals surface area contributed by atoms with Crippen LogP contribution in [0.25, 0.3) is 0 Å². The number of nitrogens with one attached hydrogen (secondary N) is 1. The molecule has 0 bridgehead atoms. The van der Waals surface area contributed by atoms with E-state index in [-0.39, 0.29) is 11.9 Å². The van der Waals surface area contributed by atoms with E-state index in [0.717, 1.165) is 5.69 Å². The lowest BCUT2D eigenvalue weighted by molar-refractivity contribution is 0.102. The highest BCUT2D eigenvalue weighted by atomic mass is 32.1. The lowest BCUT2D eigenvalue weighted by Crippen LogP contribution is -2.12. The van der Waals surface area contributed by atoms with Gasteiger partial charge in [-0.1, -0.05) is 0 Å². The van der Waals surface area contributed by atoms with Crippen molar-refractivity contribution >= 4 is 22.4 Å². The maximum absolute atomic E-state index is 12.2. The molecule has 0 saturated carbocycles. The number of hydrogen-bond acceptors (Lipinski definition) is 6. The third kappa shape index (κ3) is 3.71. The summed E-state index contributed by atoms with van der Waals surface area (Å²) >= 11 is 1.34. The van der Waals surface area contributed by atoms with Crippen LogP contribution >= 0.6 is 11.3 Å². The monoisotopic (exact) mass is 307 g/mol. The molecule has 6 nitrogen and oxygen atoms in total. The third-order valence-corrected chi connectivity index (χ3v) is 3.60. The molecular weight excluding hydrogens is 290 g/mol. The zero-order valence-corrected chi connectivity index (χ0v) is 12.9. The molecule has 0 aliphatic carbocycles. The van der Waals surface area contributed by atoms with Gasteiger partial charge in [-0.3, -0.25) is 10.1 Å². The third-order valence-electron chi connectivity index (χ3n) is 2.82. The number of aromatic nitrogens is 1. The van der Waals surface area contributed by atoms with Crippen LogP contribution in [0.4, 0.5) is 5.13 Å². The quantitative estimate of drug-likeness (QED) is 0.886. The predicted octanol–water partition coefficient (Wildman–Crippen LogP) is 2.43. The first-order chi connectivity index (χ1) is 10.0. The standard InChI is InChI=1S/C14H17N3O3S/c1-8(15)12-7-21-14(16-12)17-13(18)9-4-10(19-2)6-11(5-9)20-3/h4-8H,15H2,1-3H3,(H,16,17,18). The van der Waals surface area contributed by atoms with Crippen molar-refractivity contribution in [3.63, 3.8) is 0 Å². The number of thiazole rings is 1. The zero-order valence-electron chi connectivity index (χ0n) is 12.0. The second-order valence-electron chi connectivity index (χ2n) is 4.42. The van der Waals surface area contributed by atoms with Gasteiger partial charge < -0.3 is 15.2 Å². The van der Waals surface area contributed by atoms with Crippen LogP contribution in [0.5, 0.6) is 11.5 Å². The molecule has 2 rings (SSSR count). The molecule has 2 aromatic rings. The van der Waals surface area contributed by atoms with Gasteiger partial charge >= 0.3 is 0 Å². The molecule has 3 N–H and O–H groups in total. The molecule has 0 fully saturated rings. The topological polar surface area (TPSA) is 86.5 Å². The van der Waals surface area contributed by atoms with Gasteiger partial charge in [0.15, 0.2) is 5.13 Å². The Hall–Kier alpha value is -2.12. The highest BCUT2D eigenvalue weighted by Gasteiger charge is 2.13. The summed E-state index contributed by atoms with van der Waals surface area (Å²) in [5.74, 6) is 0.822. The summed E-state index contributed by atoms with van der Waals surface area (Å²) in [6.45, 7) is 1.84. The SMILES string of the molecule is COc1cc(OC)cc(C(=O)Nc2nc(C(C)N)cs2)c1. The number of nitrogens with two attached hydrogens (primary N) is 1. The van der Waals surface area contributed by atoms with Crippen molar-refractivity contribution in [2.45, 2.75) is 13.0 Å². The van der Waals surface area contributed by atoms with Crippen molar-refractivity contribution < 1.29 is 14.3 Å². The number of ether oxygens (including phenoxy) is 2. The second-order valence-corrected chi connectivity index (χ2v) is 5.28.